The summed E-state index contributed by atoms with van der Waals surface area (Å²) in [6.07, 6.45) is 2.90. The lowest BCUT2D eigenvalue weighted by molar-refractivity contribution is -0.129. The topological polar surface area (TPSA) is 78.1 Å². The Morgan fingerprint density at radius 1 is 1.14 bits per heavy atom. The monoisotopic (exact) mass is 451 g/mol. The summed E-state index contributed by atoms with van der Waals surface area (Å²) in [5.74, 6) is -0.658. The third-order valence-corrected chi connectivity index (χ3v) is 4.57. The molecule has 4 rings (SSSR count). The largest absolute Gasteiger partial charge is 0.457 e. The Balaban J connectivity index is 1.67. The van der Waals surface area contributed by atoms with Crippen LogP contribution in [-0.2, 0) is 9.53 Å². The number of cyclic esters (lactones) is 1. The highest BCUT2D eigenvalue weighted by Gasteiger charge is 2.25. The number of nitrogens with zero attached hydrogens (tertiary/aromatic N) is 1. The molecule has 0 spiro atoms. The van der Waals surface area contributed by atoms with Gasteiger partial charge in [0, 0.05) is 15.6 Å². The van der Waals surface area contributed by atoms with Crippen molar-refractivity contribution >= 4 is 39.8 Å². The predicted octanol–water partition coefficient (Wildman–Crippen LogP) is 4.91. The molecular formula is C22H14BrNO5. The van der Waals surface area contributed by atoms with Crippen LogP contribution in [0.4, 0.5) is 0 Å². The highest BCUT2D eigenvalue weighted by Crippen LogP contribution is 2.28. The van der Waals surface area contributed by atoms with Gasteiger partial charge in [0.05, 0.1) is 6.26 Å². The van der Waals surface area contributed by atoms with E-state index in [4.69, 9.17) is 13.9 Å². The number of furan rings is 1. The molecule has 0 fully saturated rings. The molecule has 0 bridgehead atoms. The first kappa shape index (κ1) is 18.9. The van der Waals surface area contributed by atoms with Gasteiger partial charge in [-0.15, -0.1) is 0 Å². The molecule has 1 aromatic heterocycles. The molecule has 0 saturated carbocycles. The molecule has 29 heavy (non-hydrogen) atoms. The van der Waals surface area contributed by atoms with Crippen molar-refractivity contribution in [2.45, 2.75) is 6.92 Å². The van der Waals surface area contributed by atoms with E-state index in [1.807, 2.05) is 31.2 Å². The highest BCUT2D eigenvalue weighted by atomic mass is 79.9. The summed E-state index contributed by atoms with van der Waals surface area (Å²) in [7, 11) is 0. The lowest BCUT2D eigenvalue weighted by atomic mass is 10.1. The third-order valence-electron chi connectivity index (χ3n) is 4.07. The maximum absolute atomic E-state index is 12.3. The Hall–Kier alpha value is -3.45. The summed E-state index contributed by atoms with van der Waals surface area (Å²) >= 11 is 3.38. The van der Waals surface area contributed by atoms with Gasteiger partial charge in [-0.3, -0.25) is 0 Å². The second-order valence-electron chi connectivity index (χ2n) is 6.25. The zero-order chi connectivity index (χ0) is 20.4. The van der Waals surface area contributed by atoms with Crippen LogP contribution in [0.1, 0.15) is 27.2 Å². The Morgan fingerprint density at radius 2 is 2.00 bits per heavy atom. The van der Waals surface area contributed by atoms with Crippen LogP contribution in [0.5, 0.6) is 5.75 Å². The van der Waals surface area contributed by atoms with E-state index in [1.54, 1.807) is 24.3 Å². The normalized spacial score (nSPS) is 14.6. The molecule has 0 unspecified atom stereocenters. The van der Waals surface area contributed by atoms with Crippen LogP contribution in [0.3, 0.4) is 0 Å². The van der Waals surface area contributed by atoms with Crippen LogP contribution in [0, 0.1) is 6.92 Å². The fourth-order valence-corrected chi connectivity index (χ4v) is 3.11. The maximum atomic E-state index is 12.3. The number of hydrogen-bond acceptors (Lipinski definition) is 6. The smallest absolute Gasteiger partial charge is 0.379 e. The number of halogens is 1. The molecule has 0 atom stereocenters. The Labute approximate surface area is 174 Å². The fraction of sp³-hybridized carbons (Fsp3) is 0.0455. The van der Waals surface area contributed by atoms with Gasteiger partial charge in [-0.1, -0.05) is 33.6 Å². The quantitative estimate of drug-likeness (QED) is 0.319. The van der Waals surface area contributed by atoms with Gasteiger partial charge in [0.25, 0.3) is 0 Å². The van der Waals surface area contributed by atoms with Crippen LogP contribution in [0.15, 0.2) is 80.4 Å². The van der Waals surface area contributed by atoms with Crippen LogP contribution in [0.25, 0.3) is 6.08 Å². The molecule has 7 heteroatoms. The van der Waals surface area contributed by atoms with E-state index < -0.39 is 11.9 Å². The number of aliphatic imine (C=N–C) groups is 1. The molecule has 2 heterocycles. The van der Waals surface area contributed by atoms with E-state index in [-0.39, 0.29) is 23.1 Å². The molecule has 1 aliphatic rings. The first-order chi connectivity index (χ1) is 14.0. The molecule has 1 aliphatic heterocycles. The van der Waals surface area contributed by atoms with Crippen molar-refractivity contribution in [3.63, 3.8) is 0 Å². The van der Waals surface area contributed by atoms with Crippen molar-refractivity contribution in [2.24, 2.45) is 4.99 Å². The van der Waals surface area contributed by atoms with Gasteiger partial charge in [0.15, 0.2) is 5.70 Å². The van der Waals surface area contributed by atoms with Gasteiger partial charge in [-0.25, -0.2) is 14.6 Å². The van der Waals surface area contributed by atoms with E-state index in [0.717, 1.165) is 10.0 Å². The number of carbonyl (C=O) groups is 2. The number of esters is 2. The fourth-order valence-electron chi connectivity index (χ4n) is 2.73. The van der Waals surface area contributed by atoms with Gasteiger partial charge in [0.2, 0.25) is 11.7 Å². The van der Waals surface area contributed by atoms with Crippen molar-refractivity contribution in [3.05, 3.63) is 93.5 Å². The summed E-state index contributed by atoms with van der Waals surface area (Å²) < 4.78 is 16.5. The molecule has 144 valence electrons. The number of rotatable bonds is 4. The number of carbonyl (C=O) groups excluding carboxylic acids is 2. The first-order valence-corrected chi connectivity index (χ1v) is 9.44. The summed E-state index contributed by atoms with van der Waals surface area (Å²) in [5, 5.41) is 0. The van der Waals surface area contributed by atoms with E-state index in [9.17, 15) is 9.59 Å². The van der Waals surface area contributed by atoms with E-state index in [0.29, 0.717) is 11.1 Å². The number of benzene rings is 2. The molecule has 3 aromatic rings. The zero-order valence-corrected chi connectivity index (χ0v) is 16.8. The summed E-state index contributed by atoms with van der Waals surface area (Å²) in [5.41, 5.74) is 2.33. The zero-order valence-electron chi connectivity index (χ0n) is 15.2. The minimum absolute atomic E-state index is 0.0755. The molecule has 0 saturated heterocycles. The molecule has 0 N–H and O–H groups in total. The van der Waals surface area contributed by atoms with Gasteiger partial charge < -0.3 is 13.9 Å². The van der Waals surface area contributed by atoms with E-state index in [1.165, 1.54) is 18.4 Å². The number of aryl methyl sites for hydroxylation is 1. The Morgan fingerprint density at radius 3 is 2.76 bits per heavy atom. The first-order valence-electron chi connectivity index (χ1n) is 8.64. The number of ether oxygens (including phenoxy) is 2. The van der Waals surface area contributed by atoms with Gasteiger partial charge in [-0.2, -0.15) is 0 Å². The minimum atomic E-state index is -0.644. The SMILES string of the molecule is Cc1cccc(C2=N/C(=C/c3cc(Br)ccc3OC(=O)c3ccco3)C(=O)O2)c1. The van der Waals surface area contributed by atoms with Crippen LogP contribution < -0.4 is 4.74 Å². The number of hydrogen-bond donors (Lipinski definition) is 0. The minimum Gasteiger partial charge on any atom is -0.457 e. The Kier molecular flexibility index (Phi) is 5.14. The van der Waals surface area contributed by atoms with E-state index >= 15 is 0 Å². The highest BCUT2D eigenvalue weighted by molar-refractivity contribution is 9.10. The molecule has 0 amide bonds. The van der Waals surface area contributed by atoms with Crippen LogP contribution in [0.2, 0.25) is 0 Å². The maximum Gasteiger partial charge on any atom is 0.379 e. The van der Waals surface area contributed by atoms with Crippen molar-refractivity contribution in [3.8, 4) is 5.75 Å². The van der Waals surface area contributed by atoms with Crippen molar-refractivity contribution < 1.29 is 23.5 Å². The van der Waals surface area contributed by atoms with Crippen LogP contribution in [-0.4, -0.2) is 17.8 Å². The second kappa shape index (κ2) is 7.89. The molecule has 6 nitrogen and oxygen atoms in total. The molecule has 2 aromatic carbocycles. The average Bonchev–Trinajstić information content (AvgIpc) is 3.35. The summed E-state index contributed by atoms with van der Waals surface area (Å²) in [6.45, 7) is 1.94. The molecular weight excluding hydrogens is 438 g/mol. The second-order valence-corrected chi connectivity index (χ2v) is 7.17. The average molecular weight is 452 g/mol. The predicted molar refractivity (Wildman–Crippen MR) is 110 cm³/mol. The van der Waals surface area contributed by atoms with E-state index in [2.05, 4.69) is 20.9 Å². The van der Waals surface area contributed by atoms with Gasteiger partial charge in [-0.05, 0) is 55.5 Å². The summed E-state index contributed by atoms with van der Waals surface area (Å²) in [4.78, 5) is 28.8. The van der Waals surface area contributed by atoms with Crippen LogP contribution >= 0.6 is 15.9 Å². The standard InChI is InChI=1S/C22H14BrNO5/c1-13-4-2-5-14(10-13)20-24-17(21(25)29-20)12-15-11-16(23)7-8-18(15)28-22(26)19-6-3-9-27-19/h2-12H,1H3/b17-12+. The van der Waals surface area contributed by atoms with Crippen molar-refractivity contribution in [1.82, 2.24) is 0 Å². The lowest BCUT2D eigenvalue weighted by Gasteiger charge is -2.07. The Bertz CT molecular complexity index is 1160. The third kappa shape index (κ3) is 4.20. The lowest BCUT2D eigenvalue weighted by Crippen LogP contribution is -2.08. The van der Waals surface area contributed by atoms with Crippen molar-refractivity contribution in [1.29, 1.82) is 0 Å². The van der Waals surface area contributed by atoms with Gasteiger partial charge in [0.1, 0.15) is 5.75 Å². The summed E-state index contributed by atoms with van der Waals surface area (Å²) in [6, 6.07) is 15.7. The molecule has 0 radical (unpaired) electrons. The molecule has 0 aliphatic carbocycles. The van der Waals surface area contributed by atoms with Gasteiger partial charge >= 0.3 is 11.9 Å². The van der Waals surface area contributed by atoms with Crippen molar-refractivity contribution in [2.75, 3.05) is 0 Å².